The second-order valence-corrected chi connectivity index (χ2v) is 4.70. The zero-order chi connectivity index (χ0) is 11.0. The van der Waals surface area contributed by atoms with Gasteiger partial charge in [-0.05, 0) is 18.9 Å². The molecule has 4 nitrogen and oxygen atoms in total. The summed E-state index contributed by atoms with van der Waals surface area (Å²) in [5.74, 6) is 1.06. The van der Waals surface area contributed by atoms with Crippen molar-refractivity contribution in [1.29, 1.82) is 0 Å². The van der Waals surface area contributed by atoms with Crippen LogP contribution in [0.15, 0.2) is 24.7 Å². The number of alkyl halides is 1. The lowest BCUT2D eigenvalue weighted by molar-refractivity contribution is 0.740. The van der Waals surface area contributed by atoms with Crippen molar-refractivity contribution in [1.82, 2.24) is 14.6 Å². The van der Waals surface area contributed by atoms with Gasteiger partial charge < -0.3 is 4.90 Å². The molecule has 0 spiro atoms. The zero-order valence-corrected chi connectivity index (χ0v) is 10.5. The number of halogens is 1. The van der Waals surface area contributed by atoms with Gasteiger partial charge in [0.1, 0.15) is 5.52 Å². The first kappa shape index (κ1) is 10.1. The molecule has 1 aliphatic heterocycles. The summed E-state index contributed by atoms with van der Waals surface area (Å²) in [6.07, 6.45) is 8.01. The van der Waals surface area contributed by atoms with Crippen LogP contribution in [0.25, 0.3) is 5.52 Å². The molecule has 1 aliphatic rings. The van der Waals surface area contributed by atoms with Crippen LogP contribution in [0.4, 0.5) is 5.82 Å². The van der Waals surface area contributed by atoms with Gasteiger partial charge in [-0.2, -0.15) is 5.10 Å². The van der Waals surface area contributed by atoms with Crippen LogP contribution >= 0.6 is 15.9 Å². The fourth-order valence-corrected chi connectivity index (χ4v) is 3.01. The zero-order valence-electron chi connectivity index (χ0n) is 8.88. The van der Waals surface area contributed by atoms with Crippen molar-refractivity contribution in [3.63, 3.8) is 0 Å². The Bertz CT molecular complexity index is 495. The van der Waals surface area contributed by atoms with Crippen molar-refractivity contribution < 1.29 is 0 Å². The largest absolute Gasteiger partial charge is 0.351 e. The van der Waals surface area contributed by atoms with E-state index in [1.807, 2.05) is 29.2 Å². The van der Waals surface area contributed by atoms with E-state index in [-0.39, 0.29) is 0 Å². The van der Waals surface area contributed by atoms with E-state index in [1.165, 1.54) is 12.8 Å². The van der Waals surface area contributed by atoms with Crippen LogP contribution in [-0.4, -0.2) is 32.5 Å². The maximum Gasteiger partial charge on any atom is 0.154 e. The first-order chi connectivity index (χ1) is 7.90. The van der Waals surface area contributed by atoms with Gasteiger partial charge in [-0.3, -0.25) is 0 Å². The van der Waals surface area contributed by atoms with Crippen LogP contribution in [0.3, 0.4) is 0 Å². The van der Waals surface area contributed by atoms with Gasteiger partial charge in [0.2, 0.25) is 0 Å². The third-order valence-electron chi connectivity index (χ3n) is 3.13. The van der Waals surface area contributed by atoms with Crippen molar-refractivity contribution in [2.24, 2.45) is 0 Å². The van der Waals surface area contributed by atoms with E-state index in [4.69, 9.17) is 0 Å². The van der Waals surface area contributed by atoms with Crippen molar-refractivity contribution in [3.05, 3.63) is 24.7 Å². The number of hydrogen-bond donors (Lipinski definition) is 0. The fourth-order valence-electron chi connectivity index (χ4n) is 2.34. The maximum absolute atomic E-state index is 4.50. The molecule has 0 aromatic carbocycles. The molecule has 0 amide bonds. The molecule has 1 atom stereocenters. The van der Waals surface area contributed by atoms with Gasteiger partial charge in [-0.25, -0.2) is 9.50 Å². The minimum atomic E-state index is 0.564. The Morgan fingerprint density at radius 1 is 1.44 bits per heavy atom. The van der Waals surface area contributed by atoms with E-state index in [0.29, 0.717) is 6.04 Å². The average molecular weight is 281 g/mol. The molecule has 1 saturated heterocycles. The highest BCUT2D eigenvalue weighted by molar-refractivity contribution is 9.09. The summed E-state index contributed by atoms with van der Waals surface area (Å²) in [5, 5.41) is 5.24. The molecular weight excluding hydrogens is 268 g/mol. The first-order valence-electron chi connectivity index (χ1n) is 5.51. The molecule has 16 heavy (non-hydrogen) atoms. The second kappa shape index (κ2) is 4.05. The molecule has 1 unspecified atom stereocenters. The molecule has 3 heterocycles. The third kappa shape index (κ3) is 1.50. The van der Waals surface area contributed by atoms with Gasteiger partial charge in [0.25, 0.3) is 0 Å². The molecule has 0 N–H and O–H groups in total. The van der Waals surface area contributed by atoms with Gasteiger partial charge in [0.05, 0.1) is 6.20 Å². The predicted octanol–water partition coefficient (Wildman–Crippen LogP) is 2.09. The van der Waals surface area contributed by atoms with Crippen LogP contribution < -0.4 is 4.90 Å². The molecule has 1 fully saturated rings. The average Bonchev–Trinajstić information content (AvgIpc) is 2.96. The predicted molar refractivity (Wildman–Crippen MR) is 67.1 cm³/mol. The Kier molecular flexibility index (Phi) is 2.55. The number of nitrogens with zero attached hydrogens (tertiary/aromatic N) is 4. The summed E-state index contributed by atoms with van der Waals surface area (Å²) in [4.78, 5) is 6.88. The Labute approximate surface area is 102 Å². The summed E-state index contributed by atoms with van der Waals surface area (Å²) < 4.78 is 1.88. The smallest absolute Gasteiger partial charge is 0.154 e. The number of anilines is 1. The number of hydrogen-bond acceptors (Lipinski definition) is 3. The highest BCUT2D eigenvalue weighted by atomic mass is 79.9. The van der Waals surface area contributed by atoms with E-state index < -0.39 is 0 Å². The molecule has 2 aromatic rings. The highest BCUT2D eigenvalue weighted by Crippen LogP contribution is 2.27. The van der Waals surface area contributed by atoms with Crippen molar-refractivity contribution >= 4 is 27.3 Å². The Balaban J connectivity index is 2.07. The van der Waals surface area contributed by atoms with Crippen molar-refractivity contribution in [2.45, 2.75) is 18.9 Å². The summed E-state index contributed by atoms with van der Waals surface area (Å²) in [6.45, 7) is 1.09. The van der Waals surface area contributed by atoms with Crippen LogP contribution in [0.1, 0.15) is 12.8 Å². The quantitative estimate of drug-likeness (QED) is 0.790. The Hall–Kier alpha value is -1.10. The summed E-state index contributed by atoms with van der Waals surface area (Å²) >= 11 is 3.58. The first-order valence-corrected chi connectivity index (χ1v) is 6.63. The molecule has 0 aliphatic carbocycles. The van der Waals surface area contributed by atoms with Crippen LogP contribution in [0, 0.1) is 0 Å². The Morgan fingerprint density at radius 3 is 3.25 bits per heavy atom. The molecule has 0 bridgehead atoms. The summed E-state index contributed by atoms with van der Waals surface area (Å²) in [5.41, 5.74) is 1.09. The van der Waals surface area contributed by atoms with E-state index in [0.717, 1.165) is 23.2 Å². The van der Waals surface area contributed by atoms with Gasteiger partial charge in [0, 0.05) is 30.3 Å². The van der Waals surface area contributed by atoms with E-state index in [1.54, 1.807) is 0 Å². The van der Waals surface area contributed by atoms with Crippen LogP contribution in [-0.2, 0) is 0 Å². The minimum Gasteiger partial charge on any atom is -0.351 e. The Morgan fingerprint density at radius 2 is 2.38 bits per heavy atom. The topological polar surface area (TPSA) is 33.4 Å². The molecule has 2 aromatic heterocycles. The minimum absolute atomic E-state index is 0.564. The highest BCUT2D eigenvalue weighted by Gasteiger charge is 2.26. The fraction of sp³-hybridized carbons (Fsp3) is 0.455. The van der Waals surface area contributed by atoms with E-state index >= 15 is 0 Å². The van der Waals surface area contributed by atoms with Gasteiger partial charge in [0.15, 0.2) is 5.82 Å². The maximum atomic E-state index is 4.50. The lowest BCUT2D eigenvalue weighted by Gasteiger charge is -2.24. The molecule has 84 valence electrons. The standard InChI is InChI=1S/C11H13BrN4/c12-8-9-2-1-6-15(9)11-10-3-4-14-16(10)7-5-13-11/h3-5,7,9H,1-2,6,8H2. The molecule has 3 rings (SSSR count). The van der Waals surface area contributed by atoms with Gasteiger partial charge >= 0.3 is 0 Å². The second-order valence-electron chi connectivity index (χ2n) is 4.06. The lowest BCUT2D eigenvalue weighted by atomic mass is 10.2. The third-order valence-corrected chi connectivity index (χ3v) is 3.88. The summed E-state index contributed by atoms with van der Waals surface area (Å²) in [7, 11) is 0. The molecule has 0 saturated carbocycles. The SMILES string of the molecule is BrCC1CCCN1c1nccn2nccc12. The monoisotopic (exact) mass is 280 g/mol. The number of fused-ring (bicyclic) bond motifs is 1. The molecule has 5 heteroatoms. The summed E-state index contributed by atoms with van der Waals surface area (Å²) in [6, 6.07) is 2.58. The van der Waals surface area contributed by atoms with Crippen molar-refractivity contribution in [2.75, 3.05) is 16.8 Å². The number of aromatic nitrogens is 3. The molecular formula is C11H13BrN4. The molecule has 0 radical (unpaired) electrons. The van der Waals surface area contributed by atoms with Crippen LogP contribution in [0.5, 0.6) is 0 Å². The van der Waals surface area contributed by atoms with E-state index in [9.17, 15) is 0 Å². The van der Waals surface area contributed by atoms with Crippen LogP contribution in [0.2, 0.25) is 0 Å². The van der Waals surface area contributed by atoms with E-state index in [2.05, 4.69) is 30.9 Å². The normalized spacial score (nSPS) is 20.8. The van der Waals surface area contributed by atoms with Gasteiger partial charge in [-0.1, -0.05) is 15.9 Å². The van der Waals surface area contributed by atoms with Crippen molar-refractivity contribution in [3.8, 4) is 0 Å². The number of rotatable bonds is 2. The lowest BCUT2D eigenvalue weighted by Crippen LogP contribution is -2.31. The van der Waals surface area contributed by atoms with Gasteiger partial charge in [-0.15, -0.1) is 0 Å².